The third-order valence-corrected chi connectivity index (χ3v) is 3.74. The molecule has 2 aromatic rings. The van der Waals surface area contributed by atoms with Crippen LogP contribution in [0.5, 0.6) is 0 Å². The molecule has 3 rings (SSSR count). The van der Waals surface area contributed by atoms with Crippen LogP contribution < -0.4 is 0 Å². The van der Waals surface area contributed by atoms with E-state index in [0.717, 1.165) is 12.2 Å². The molecule has 0 bridgehead atoms. The molecular weight excluding hydrogens is 228 g/mol. The van der Waals surface area contributed by atoms with Crippen LogP contribution in [0.3, 0.4) is 0 Å². The molecule has 1 aliphatic rings. The molecule has 0 fully saturated rings. The van der Waals surface area contributed by atoms with Crippen molar-refractivity contribution in [1.29, 1.82) is 0 Å². The minimum absolute atomic E-state index is 0.124. The molecule has 1 N–H and O–H groups in total. The van der Waals surface area contributed by atoms with Gasteiger partial charge in [-0.2, -0.15) is 4.98 Å². The summed E-state index contributed by atoms with van der Waals surface area (Å²) < 4.78 is 5.24. The Labute approximate surface area is 106 Å². The molecule has 18 heavy (non-hydrogen) atoms. The van der Waals surface area contributed by atoms with E-state index in [1.807, 2.05) is 19.1 Å². The summed E-state index contributed by atoms with van der Waals surface area (Å²) in [7, 11) is 0. The van der Waals surface area contributed by atoms with E-state index in [9.17, 15) is 5.11 Å². The Morgan fingerprint density at radius 1 is 1.33 bits per heavy atom. The smallest absolute Gasteiger partial charge is 0.232 e. The second-order valence-corrected chi connectivity index (χ2v) is 4.98. The highest BCUT2D eigenvalue weighted by atomic mass is 16.5. The highest BCUT2D eigenvalue weighted by molar-refractivity contribution is 5.43. The molecular formula is C14H16N2O2. The van der Waals surface area contributed by atoms with Crippen molar-refractivity contribution >= 4 is 0 Å². The summed E-state index contributed by atoms with van der Waals surface area (Å²) in [5.74, 6) is 1.38. The van der Waals surface area contributed by atoms with Crippen molar-refractivity contribution in [1.82, 2.24) is 10.1 Å². The molecule has 4 nitrogen and oxygen atoms in total. The predicted octanol–water partition coefficient (Wildman–Crippen LogP) is 2.24. The Bertz CT molecular complexity index is 562. The Balaban J connectivity index is 1.84. The van der Waals surface area contributed by atoms with Crippen LogP contribution in [0, 0.1) is 0 Å². The summed E-state index contributed by atoms with van der Waals surface area (Å²) in [5, 5.41) is 13.6. The lowest BCUT2D eigenvalue weighted by molar-refractivity contribution is 0.151. The minimum Gasteiger partial charge on any atom is -0.393 e. The predicted molar refractivity (Wildman–Crippen MR) is 66.4 cm³/mol. The van der Waals surface area contributed by atoms with Gasteiger partial charge in [0.15, 0.2) is 5.82 Å². The van der Waals surface area contributed by atoms with E-state index in [1.54, 1.807) is 6.92 Å². The number of aliphatic hydroxyl groups excluding tert-OH is 1. The molecule has 1 heterocycles. The number of hydrogen-bond acceptors (Lipinski definition) is 4. The Morgan fingerprint density at radius 2 is 2.11 bits per heavy atom. The van der Waals surface area contributed by atoms with Gasteiger partial charge in [-0.05, 0) is 24.5 Å². The average molecular weight is 244 g/mol. The van der Waals surface area contributed by atoms with Crippen molar-refractivity contribution in [3.8, 4) is 0 Å². The molecule has 0 saturated heterocycles. The maximum atomic E-state index is 9.52. The molecule has 94 valence electrons. The van der Waals surface area contributed by atoms with E-state index >= 15 is 0 Å². The van der Waals surface area contributed by atoms with Crippen molar-refractivity contribution in [3.63, 3.8) is 0 Å². The van der Waals surface area contributed by atoms with Crippen molar-refractivity contribution in [3.05, 3.63) is 47.1 Å². The van der Waals surface area contributed by atoms with Gasteiger partial charge in [-0.25, -0.2) is 0 Å². The molecule has 0 saturated carbocycles. The van der Waals surface area contributed by atoms with Crippen LogP contribution in [0.15, 0.2) is 28.8 Å². The normalized spacial score (nSPS) is 20.9. The zero-order valence-electron chi connectivity index (χ0n) is 10.5. The quantitative estimate of drug-likeness (QED) is 0.899. The summed E-state index contributed by atoms with van der Waals surface area (Å²) in [4.78, 5) is 4.41. The summed E-state index contributed by atoms with van der Waals surface area (Å²) in [6.45, 7) is 3.61. The maximum absolute atomic E-state index is 9.52. The second-order valence-electron chi connectivity index (χ2n) is 4.98. The largest absolute Gasteiger partial charge is 0.393 e. The number of aromatic nitrogens is 2. The van der Waals surface area contributed by atoms with E-state index in [2.05, 4.69) is 22.3 Å². The number of aliphatic hydroxyl groups is 1. The van der Waals surface area contributed by atoms with Crippen LogP contribution in [0.2, 0.25) is 0 Å². The second kappa shape index (κ2) is 4.21. The Kier molecular flexibility index (Phi) is 2.67. The van der Waals surface area contributed by atoms with Crippen molar-refractivity contribution in [2.24, 2.45) is 0 Å². The van der Waals surface area contributed by atoms with E-state index in [0.29, 0.717) is 5.89 Å². The standard InChI is InChI=1S/C14H16N2O2/c1-8(9(2)17)14-15-13(16-18-14)12-7-10-5-3-4-6-11(10)12/h3-6,8-9,12,17H,7H2,1-2H3. The van der Waals surface area contributed by atoms with Gasteiger partial charge in [-0.3, -0.25) is 0 Å². The summed E-state index contributed by atoms with van der Waals surface area (Å²) in [6, 6.07) is 8.32. The van der Waals surface area contributed by atoms with Crippen LogP contribution in [-0.2, 0) is 6.42 Å². The highest BCUT2D eigenvalue weighted by Crippen LogP contribution is 2.38. The van der Waals surface area contributed by atoms with Gasteiger partial charge in [-0.1, -0.05) is 36.3 Å². The minimum atomic E-state index is -0.480. The average Bonchev–Trinajstić information content (AvgIpc) is 2.79. The molecule has 3 atom stereocenters. The van der Waals surface area contributed by atoms with Crippen LogP contribution in [0.4, 0.5) is 0 Å². The lowest BCUT2D eigenvalue weighted by atomic mass is 9.77. The zero-order valence-corrected chi connectivity index (χ0v) is 10.5. The lowest BCUT2D eigenvalue weighted by Crippen LogP contribution is -2.19. The van der Waals surface area contributed by atoms with Crippen LogP contribution in [0.25, 0.3) is 0 Å². The van der Waals surface area contributed by atoms with E-state index in [4.69, 9.17) is 4.52 Å². The molecule has 1 aromatic carbocycles. The fourth-order valence-corrected chi connectivity index (χ4v) is 2.27. The number of rotatable bonds is 3. The number of benzene rings is 1. The molecule has 0 radical (unpaired) electrons. The van der Waals surface area contributed by atoms with E-state index in [1.165, 1.54) is 11.1 Å². The molecule has 1 aromatic heterocycles. The van der Waals surface area contributed by atoms with Gasteiger partial charge in [0, 0.05) is 0 Å². The maximum Gasteiger partial charge on any atom is 0.232 e. The van der Waals surface area contributed by atoms with Gasteiger partial charge >= 0.3 is 0 Å². The van der Waals surface area contributed by atoms with Crippen molar-refractivity contribution in [2.75, 3.05) is 0 Å². The first kappa shape index (κ1) is 11.4. The van der Waals surface area contributed by atoms with Crippen molar-refractivity contribution < 1.29 is 9.63 Å². The van der Waals surface area contributed by atoms with Gasteiger partial charge < -0.3 is 9.63 Å². The fourth-order valence-electron chi connectivity index (χ4n) is 2.27. The van der Waals surface area contributed by atoms with Crippen molar-refractivity contribution in [2.45, 2.75) is 38.2 Å². The van der Waals surface area contributed by atoms with Gasteiger partial charge in [0.1, 0.15) is 0 Å². The SMILES string of the molecule is CC(O)C(C)c1nc(C2Cc3ccccc32)no1. The van der Waals surface area contributed by atoms with E-state index in [-0.39, 0.29) is 11.8 Å². The molecule has 4 heteroatoms. The number of hydrogen-bond donors (Lipinski definition) is 1. The number of nitrogens with zero attached hydrogens (tertiary/aromatic N) is 2. The summed E-state index contributed by atoms with van der Waals surface area (Å²) in [5.41, 5.74) is 2.65. The molecule has 0 spiro atoms. The Morgan fingerprint density at radius 3 is 2.83 bits per heavy atom. The van der Waals surface area contributed by atoms with Crippen LogP contribution >= 0.6 is 0 Å². The van der Waals surface area contributed by atoms with Crippen LogP contribution in [-0.4, -0.2) is 21.4 Å². The van der Waals surface area contributed by atoms with Gasteiger partial charge in [0.05, 0.1) is 17.9 Å². The van der Waals surface area contributed by atoms with E-state index < -0.39 is 6.10 Å². The number of fused-ring (bicyclic) bond motifs is 1. The first-order valence-electron chi connectivity index (χ1n) is 6.26. The third kappa shape index (κ3) is 1.73. The third-order valence-electron chi connectivity index (χ3n) is 3.74. The van der Waals surface area contributed by atoms with Gasteiger partial charge in [0.2, 0.25) is 5.89 Å². The fraction of sp³-hybridized carbons (Fsp3) is 0.429. The topological polar surface area (TPSA) is 59.2 Å². The molecule has 3 unspecified atom stereocenters. The molecule has 0 amide bonds. The zero-order chi connectivity index (χ0) is 12.7. The van der Waals surface area contributed by atoms with Crippen LogP contribution in [0.1, 0.15) is 48.5 Å². The molecule has 1 aliphatic carbocycles. The first-order valence-corrected chi connectivity index (χ1v) is 6.26. The lowest BCUT2D eigenvalue weighted by Gasteiger charge is -2.27. The van der Waals surface area contributed by atoms with Gasteiger partial charge in [-0.15, -0.1) is 0 Å². The summed E-state index contributed by atoms with van der Waals surface area (Å²) >= 11 is 0. The monoisotopic (exact) mass is 244 g/mol. The highest BCUT2D eigenvalue weighted by Gasteiger charge is 2.31. The molecule has 0 aliphatic heterocycles. The Hall–Kier alpha value is -1.68. The summed E-state index contributed by atoms with van der Waals surface area (Å²) in [6.07, 6.45) is 0.491. The van der Waals surface area contributed by atoms with Gasteiger partial charge in [0.25, 0.3) is 0 Å². The first-order chi connectivity index (χ1) is 8.66.